The molecule has 1 saturated carbocycles. The maximum absolute atomic E-state index is 13.4. The zero-order valence-corrected chi connectivity index (χ0v) is 24.9. The number of aliphatic carboxylic acids is 2. The van der Waals surface area contributed by atoms with E-state index in [-0.39, 0.29) is 31.8 Å². The van der Waals surface area contributed by atoms with Crippen molar-refractivity contribution >= 4 is 29.7 Å². The molecule has 1 unspecified atom stereocenters. The molecule has 10 N–H and O–H groups in total. The van der Waals surface area contributed by atoms with Crippen LogP contribution in [0.25, 0.3) is 0 Å². The second-order valence-corrected chi connectivity index (χ2v) is 11.5. The monoisotopic (exact) mass is 644 g/mol. The fourth-order valence-electron chi connectivity index (χ4n) is 4.74. The lowest BCUT2D eigenvalue weighted by molar-refractivity contribution is -0.192. The van der Waals surface area contributed by atoms with Crippen molar-refractivity contribution in [3.8, 4) is 0 Å². The minimum Gasteiger partial charge on any atom is -0.480 e. The number of nitrogens with zero attached hydrogens (tertiary/aromatic N) is 1. The van der Waals surface area contributed by atoms with Crippen molar-refractivity contribution in [2.75, 3.05) is 19.6 Å². The van der Waals surface area contributed by atoms with E-state index < -0.39 is 53.6 Å². The average molecular weight is 645 g/mol. The molecule has 0 radical (unpaired) electrons. The first kappa shape index (κ1) is 37.4. The molecule has 1 aliphatic heterocycles. The molecule has 0 bridgehead atoms. The number of nitrogens with two attached hydrogens (primary N) is 3. The molecular weight excluding hydrogens is 601 g/mol. The van der Waals surface area contributed by atoms with Crippen LogP contribution < -0.4 is 27.8 Å². The molecule has 3 rings (SSSR count). The minimum absolute atomic E-state index is 0.136. The van der Waals surface area contributed by atoms with Gasteiger partial charge in [-0.2, -0.15) is 13.2 Å². The molecule has 45 heavy (non-hydrogen) atoms. The Morgan fingerprint density at radius 2 is 1.51 bits per heavy atom. The first-order valence-corrected chi connectivity index (χ1v) is 14.8. The van der Waals surface area contributed by atoms with E-state index in [4.69, 9.17) is 27.1 Å². The van der Waals surface area contributed by atoms with Crippen LogP contribution in [0.2, 0.25) is 0 Å². The standard InChI is InChI=1S/C27H42N6O5.C2HF3O2/c28-13-5-4-8-21(25(36)33-14-11-27(30,12-15-33)26(37)38)31-24(35)22(17-19-9-10-19)32-23(34)20(29)16-18-6-2-1-3-7-18;3-2(4,5)1(6)7/h1-3,6-7,19-22H,4-5,8-17,28-30H2,(H,31,35)(H,32,34)(H,37,38);(H,6,7)/t20-,21-,22?;/m1./s1. The van der Waals surface area contributed by atoms with Crippen LogP contribution in [-0.2, 0) is 30.4 Å². The fraction of sp³-hybridized carbons (Fsp3) is 0.621. The van der Waals surface area contributed by atoms with Crippen LogP contribution in [0.5, 0.6) is 0 Å². The summed E-state index contributed by atoms with van der Waals surface area (Å²) >= 11 is 0. The van der Waals surface area contributed by atoms with Gasteiger partial charge in [0.05, 0.1) is 6.04 Å². The summed E-state index contributed by atoms with van der Waals surface area (Å²) in [6.45, 7) is 0.857. The zero-order chi connectivity index (χ0) is 33.8. The fourth-order valence-corrected chi connectivity index (χ4v) is 4.74. The van der Waals surface area contributed by atoms with Crippen LogP contribution in [0.15, 0.2) is 30.3 Å². The van der Waals surface area contributed by atoms with Gasteiger partial charge in [-0.3, -0.25) is 19.2 Å². The van der Waals surface area contributed by atoms with Gasteiger partial charge in [0.2, 0.25) is 17.7 Å². The number of nitrogens with one attached hydrogen (secondary N) is 2. The second-order valence-electron chi connectivity index (χ2n) is 11.5. The summed E-state index contributed by atoms with van der Waals surface area (Å²) in [5.74, 6) is -4.60. The summed E-state index contributed by atoms with van der Waals surface area (Å²) in [4.78, 5) is 61.6. The molecule has 0 aromatic heterocycles. The second kappa shape index (κ2) is 17.1. The molecule has 1 heterocycles. The lowest BCUT2D eigenvalue weighted by Gasteiger charge is -2.38. The van der Waals surface area contributed by atoms with Crippen LogP contribution in [-0.4, -0.2) is 94.2 Å². The number of carboxylic acids is 2. The van der Waals surface area contributed by atoms with Crippen molar-refractivity contribution in [3.05, 3.63) is 35.9 Å². The van der Waals surface area contributed by atoms with Gasteiger partial charge in [0.1, 0.15) is 17.6 Å². The molecule has 1 aliphatic carbocycles. The van der Waals surface area contributed by atoms with E-state index in [1.54, 1.807) is 4.90 Å². The predicted molar refractivity (Wildman–Crippen MR) is 156 cm³/mol. The summed E-state index contributed by atoms with van der Waals surface area (Å²) in [5.41, 5.74) is 17.3. The number of hydrogen-bond acceptors (Lipinski definition) is 8. The van der Waals surface area contributed by atoms with Crippen molar-refractivity contribution in [1.29, 1.82) is 0 Å². The van der Waals surface area contributed by atoms with E-state index in [0.717, 1.165) is 18.4 Å². The molecule has 3 amide bonds. The third kappa shape index (κ3) is 12.6. The van der Waals surface area contributed by atoms with Gasteiger partial charge < -0.3 is 42.9 Å². The Balaban J connectivity index is 0.000000900. The van der Waals surface area contributed by atoms with Gasteiger partial charge in [-0.15, -0.1) is 0 Å². The van der Waals surface area contributed by atoms with Gasteiger partial charge >= 0.3 is 18.1 Å². The number of piperidine rings is 1. The van der Waals surface area contributed by atoms with Gasteiger partial charge in [-0.05, 0) is 63.0 Å². The Hall–Kier alpha value is -3.76. The summed E-state index contributed by atoms with van der Waals surface area (Å²) in [5, 5.41) is 22.2. The van der Waals surface area contributed by atoms with E-state index in [9.17, 15) is 37.5 Å². The van der Waals surface area contributed by atoms with Gasteiger partial charge in [0.25, 0.3) is 0 Å². The summed E-state index contributed by atoms with van der Waals surface area (Å²) < 4.78 is 31.7. The molecule has 1 aromatic rings. The van der Waals surface area contributed by atoms with Gasteiger partial charge in [-0.25, -0.2) is 4.79 Å². The highest BCUT2D eigenvalue weighted by Crippen LogP contribution is 2.33. The number of halogens is 3. The van der Waals surface area contributed by atoms with E-state index in [0.29, 0.717) is 44.6 Å². The molecule has 2 fully saturated rings. The normalized spacial score (nSPS) is 18.0. The topological polar surface area (TPSA) is 231 Å². The number of benzene rings is 1. The van der Waals surface area contributed by atoms with E-state index in [1.807, 2.05) is 30.3 Å². The number of carbonyl (C=O) groups is 5. The highest BCUT2D eigenvalue weighted by atomic mass is 19.4. The van der Waals surface area contributed by atoms with Crippen molar-refractivity contribution < 1.29 is 47.4 Å². The minimum atomic E-state index is -5.08. The van der Waals surface area contributed by atoms with Crippen molar-refractivity contribution in [1.82, 2.24) is 15.5 Å². The third-order valence-corrected chi connectivity index (χ3v) is 7.73. The van der Waals surface area contributed by atoms with Crippen molar-refractivity contribution in [3.63, 3.8) is 0 Å². The lowest BCUT2D eigenvalue weighted by atomic mass is 9.88. The van der Waals surface area contributed by atoms with Crippen LogP contribution >= 0.6 is 0 Å². The number of alkyl halides is 3. The number of unbranched alkanes of at least 4 members (excludes halogenated alkanes) is 1. The van der Waals surface area contributed by atoms with Gasteiger partial charge in [-0.1, -0.05) is 43.2 Å². The Labute approximate surface area is 259 Å². The smallest absolute Gasteiger partial charge is 0.480 e. The number of amides is 3. The largest absolute Gasteiger partial charge is 0.490 e. The van der Waals surface area contributed by atoms with E-state index in [2.05, 4.69) is 10.6 Å². The average Bonchev–Trinajstić information content (AvgIpc) is 3.81. The maximum atomic E-state index is 13.4. The summed E-state index contributed by atoms with van der Waals surface area (Å²) in [7, 11) is 0. The molecule has 1 aromatic carbocycles. The van der Waals surface area contributed by atoms with E-state index in [1.165, 1.54) is 0 Å². The molecule has 0 spiro atoms. The summed E-state index contributed by atoms with van der Waals surface area (Å²) in [6, 6.07) is 7.01. The zero-order valence-electron chi connectivity index (χ0n) is 24.9. The van der Waals surface area contributed by atoms with Crippen molar-refractivity contribution in [2.45, 2.75) is 87.6 Å². The molecule has 13 nitrogen and oxygen atoms in total. The first-order chi connectivity index (χ1) is 21.1. The summed E-state index contributed by atoms with van der Waals surface area (Å²) in [6.07, 6.45) is -0.272. The van der Waals surface area contributed by atoms with Crippen LogP contribution in [0.3, 0.4) is 0 Å². The van der Waals surface area contributed by atoms with Crippen LogP contribution in [0.4, 0.5) is 13.2 Å². The third-order valence-electron chi connectivity index (χ3n) is 7.73. The molecule has 252 valence electrons. The predicted octanol–water partition coefficient (Wildman–Crippen LogP) is 0.493. The van der Waals surface area contributed by atoms with Gasteiger partial charge in [0, 0.05) is 13.1 Å². The molecular formula is C29H43F3N6O7. The quantitative estimate of drug-likeness (QED) is 0.139. The number of likely N-dealkylation sites (tertiary alicyclic amines) is 1. The molecule has 1 saturated heterocycles. The Bertz CT molecular complexity index is 1160. The first-order valence-electron chi connectivity index (χ1n) is 14.8. The number of carbonyl (C=O) groups excluding carboxylic acids is 3. The molecule has 2 aliphatic rings. The number of hydrogen-bond donors (Lipinski definition) is 7. The number of rotatable bonds is 14. The van der Waals surface area contributed by atoms with Crippen molar-refractivity contribution in [2.24, 2.45) is 23.1 Å². The highest BCUT2D eigenvalue weighted by molar-refractivity contribution is 5.93. The SMILES string of the molecule is NCCCC[C@@H](NC(=O)C(CC1CC1)NC(=O)[C@H](N)Cc1ccccc1)C(=O)N1CCC(N)(C(=O)O)CC1.O=C(O)C(F)(F)F. The van der Waals surface area contributed by atoms with Crippen LogP contribution in [0, 0.1) is 5.92 Å². The molecule has 16 heteroatoms. The highest BCUT2D eigenvalue weighted by Gasteiger charge is 2.41. The maximum Gasteiger partial charge on any atom is 0.490 e. The Morgan fingerprint density at radius 3 is 2.00 bits per heavy atom. The lowest BCUT2D eigenvalue weighted by Crippen LogP contribution is -2.60. The van der Waals surface area contributed by atoms with Crippen LogP contribution in [0.1, 0.15) is 56.9 Å². The Kier molecular flexibility index (Phi) is 14.2. The van der Waals surface area contributed by atoms with Gasteiger partial charge in [0.15, 0.2) is 0 Å². The Morgan fingerprint density at radius 1 is 0.956 bits per heavy atom. The number of carboxylic acid groups (broad SMARTS) is 2. The van der Waals surface area contributed by atoms with E-state index >= 15 is 0 Å². The molecule has 3 atom stereocenters.